The molecule has 0 fully saturated rings. The van der Waals surface area contributed by atoms with Gasteiger partial charge in [0.15, 0.2) is 0 Å². The van der Waals surface area contributed by atoms with Gasteiger partial charge in [0, 0.05) is 35.1 Å². The lowest BCUT2D eigenvalue weighted by Gasteiger charge is -2.22. The van der Waals surface area contributed by atoms with Crippen molar-refractivity contribution >= 4 is 35.1 Å². The van der Waals surface area contributed by atoms with E-state index in [1.165, 1.54) is 32.6 Å². The molecule has 0 saturated heterocycles. The van der Waals surface area contributed by atoms with Crippen LogP contribution in [0.3, 0.4) is 0 Å². The minimum absolute atomic E-state index is 1.15. The van der Waals surface area contributed by atoms with Crippen LogP contribution in [0.15, 0.2) is 60.8 Å². The van der Waals surface area contributed by atoms with Crippen LogP contribution in [-0.2, 0) is 7.05 Å². The number of pyridine rings is 1. The summed E-state index contributed by atoms with van der Waals surface area (Å²) in [5, 5.41) is 4.01. The van der Waals surface area contributed by atoms with Crippen molar-refractivity contribution in [1.82, 2.24) is 9.55 Å². The van der Waals surface area contributed by atoms with E-state index in [4.69, 9.17) is 4.98 Å². The summed E-state index contributed by atoms with van der Waals surface area (Å²) in [6.07, 6.45) is 2.06. The number of benzene rings is 2. The van der Waals surface area contributed by atoms with Crippen molar-refractivity contribution in [2.24, 2.45) is 7.05 Å². The molecule has 0 aliphatic carbocycles. The number of aromatic nitrogens is 2. The van der Waals surface area contributed by atoms with Crippen LogP contribution in [0.25, 0.3) is 33.1 Å². The average Bonchev–Trinajstić information content (AvgIpc) is 2.87. The molecule has 3 heteroatoms. The number of hydrogen-bond donors (Lipinski definition) is 0. The van der Waals surface area contributed by atoms with Gasteiger partial charge in [-0.15, -0.1) is 0 Å². The Morgan fingerprint density at radius 2 is 1.50 bits per heavy atom. The van der Waals surface area contributed by atoms with Gasteiger partial charge in [-0.25, -0.2) is 0 Å². The first-order valence-electron chi connectivity index (χ1n) is 8.40. The van der Waals surface area contributed by atoms with E-state index in [-0.39, 0.29) is 0 Å². The third kappa shape index (κ3) is 2.20. The summed E-state index contributed by atoms with van der Waals surface area (Å²) < 4.78 is 2.35. The third-order valence-corrected chi connectivity index (χ3v) is 6.71. The first kappa shape index (κ1) is 15.2. The number of fused-ring (bicyclic) bond motifs is 3. The van der Waals surface area contributed by atoms with E-state index in [0.717, 1.165) is 5.69 Å². The molecule has 0 aliphatic rings. The second kappa shape index (κ2) is 5.31. The van der Waals surface area contributed by atoms with Crippen LogP contribution in [0.2, 0.25) is 19.6 Å². The Balaban J connectivity index is 2.20. The van der Waals surface area contributed by atoms with Crippen LogP contribution < -0.4 is 5.19 Å². The maximum Gasteiger partial charge on any atom is 0.0832 e. The molecule has 2 aromatic heterocycles. The first-order valence-corrected chi connectivity index (χ1v) is 11.9. The van der Waals surface area contributed by atoms with Gasteiger partial charge in [-0.2, -0.15) is 0 Å². The zero-order valence-electron chi connectivity index (χ0n) is 14.7. The number of nitrogens with zero attached hydrogens (tertiary/aromatic N) is 2. The Morgan fingerprint density at radius 1 is 0.833 bits per heavy atom. The minimum atomic E-state index is -1.60. The second-order valence-corrected chi connectivity index (χ2v) is 12.4. The molecule has 120 valence electrons. The van der Waals surface area contributed by atoms with Gasteiger partial charge in [-0.3, -0.25) is 4.98 Å². The molecule has 0 N–H and O–H groups in total. The van der Waals surface area contributed by atoms with Crippen molar-refractivity contribution in [3.8, 4) is 11.3 Å². The fourth-order valence-corrected chi connectivity index (χ4v) is 5.62. The summed E-state index contributed by atoms with van der Waals surface area (Å²) in [4.78, 5) is 4.93. The van der Waals surface area contributed by atoms with Crippen LogP contribution in [0.5, 0.6) is 0 Å². The lowest BCUT2D eigenvalue weighted by Crippen LogP contribution is -2.40. The summed E-state index contributed by atoms with van der Waals surface area (Å²) in [5.74, 6) is 0. The summed E-state index contributed by atoms with van der Waals surface area (Å²) in [6, 6.07) is 19.2. The molecule has 0 radical (unpaired) electrons. The first-order chi connectivity index (χ1) is 11.5. The quantitative estimate of drug-likeness (QED) is 0.476. The van der Waals surface area contributed by atoms with Crippen molar-refractivity contribution in [3.05, 3.63) is 60.8 Å². The van der Waals surface area contributed by atoms with E-state index in [1.807, 2.05) is 0 Å². The summed E-state index contributed by atoms with van der Waals surface area (Å²) in [5.41, 5.74) is 4.98. The highest BCUT2D eigenvalue weighted by molar-refractivity contribution is 6.91. The van der Waals surface area contributed by atoms with E-state index in [0.29, 0.717) is 0 Å². The van der Waals surface area contributed by atoms with Gasteiger partial charge in [0.1, 0.15) is 0 Å². The van der Waals surface area contributed by atoms with Gasteiger partial charge in [0.25, 0.3) is 0 Å². The summed E-state index contributed by atoms with van der Waals surface area (Å²) in [6.45, 7) is 7.23. The number of rotatable bonds is 2. The van der Waals surface area contributed by atoms with Crippen LogP contribution in [-0.4, -0.2) is 17.6 Å². The highest BCUT2D eigenvalue weighted by Gasteiger charge is 2.27. The standard InChI is InChI=1S/C21H22N2Si/c1-23-18-13-9-8-12-16(18)17-14-22-19(15-10-6-5-7-11-15)21(20(17)23)24(2,3)4/h5-14H,1-4H3. The van der Waals surface area contributed by atoms with E-state index in [1.54, 1.807) is 0 Å². The molecule has 2 heterocycles. The molecule has 0 aliphatic heterocycles. The third-order valence-electron chi connectivity index (χ3n) is 4.74. The van der Waals surface area contributed by atoms with Gasteiger partial charge in [-0.1, -0.05) is 68.2 Å². The molecule has 2 aromatic carbocycles. The predicted octanol–water partition coefficient (Wildman–Crippen LogP) is 4.94. The van der Waals surface area contributed by atoms with Gasteiger partial charge >= 0.3 is 0 Å². The van der Waals surface area contributed by atoms with E-state index in [9.17, 15) is 0 Å². The van der Waals surface area contributed by atoms with Gasteiger partial charge in [0.05, 0.1) is 19.3 Å². The van der Waals surface area contributed by atoms with Crippen LogP contribution >= 0.6 is 0 Å². The predicted molar refractivity (Wildman–Crippen MR) is 107 cm³/mol. The normalized spacial score (nSPS) is 12.2. The molecule has 0 bridgehead atoms. The van der Waals surface area contributed by atoms with Crippen molar-refractivity contribution < 1.29 is 0 Å². The highest BCUT2D eigenvalue weighted by Crippen LogP contribution is 2.30. The summed E-state index contributed by atoms with van der Waals surface area (Å²) >= 11 is 0. The van der Waals surface area contributed by atoms with Crippen LogP contribution in [0.1, 0.15) is 0 Å². The molecular weight excluding hydrogens is 308 g/mol. The average molecular weight is 331 g/mol. The van der Waals surface area contributed by atoms with Crippen LogP contribution in [0.4, 0.5) is 0 Å². The SMILES string of the molecule is Cn1c2ccccc2c2cnc(-c3ccccc3)c([Si](C)(C)C)c21. The van der Waals surface area contributed by atoms with Crippen LogP contribution in [0, 0.1) is 0 Å². The Hall–Kier alpha value is -2.39. The number of para-hydroxylation sites is 1. The fraction of sp³-hybridized carbons (Fsp3) is 0.190. The Morgan fingerprint density at radius 3 is 2.21 bits per heavy atom. The monoisotopic (exact) mass is 330 g/mol. The van der Waals surface area contributed by atoms with Gasteiger partial charge in [0.2, 0.25) is 0 Å². The van der Waals surface area contributed by atoms with Gasteiger partial charge in [-0.05, 0) is 11.3 Å². The van der Waals surface area contributed by atoms with Crippen molar-refractivity contribution in [3.63, 3.8) is 0 Å². The number of aryl methyl sites for hydroxylation is 1. The minimum Gasteiger partial charge on any atom is -0.344 e. The van der Waals surface area contributed by atoms with E-state index >= 15 is 0 Å². The summed E-state index contributed by atoms with van der Waals surface area (Å²) in [7, 11) is 0.581. The maximum atomic E-state index is 4.93. The molecule has 0 saturated carbocycles. The molecule has 24 heavy (non-hydrogen) atoms. The molecule has 0 amide bonds. The Bertz CT molecular complexity index is 1040. The van der Waals surface area contributed by atoms with Crippen molar-refractivity contribution in [2.75, 3.05) is 0 Å². The molecule has 0 spiro atoms. The highest BCUT2D eigenvalue weighted by atomic mass is 28.3. The molecule has 0 atom stereocenters. The molecule has 0 unspecified atom stereocenters. The van der Waals surface area contributed by atoms with Crippen molar-refractivity contribution in [1.29, 1.82) is 0 Å². The van der Waals surface area contributed by atoms with Gasteiger partial charge < -0.3 is 4.57 Å². The maximum absolute atomic E-state index is 4.93. The largest absolute Gasteiger partial charge is 0.344 e. The smallest absolute Gasteiger partial charge is 0.0832 e. The topological polar surface area (TPSA) is 17.8 Å². The molecule has 2 nitrogen and oxygen atoms in total. The zero-order valence-corrected chi connectivity index (χ0v) is 15.7. The molecule has 4 rings (SSSR count). The van der Waals surface area contributed by atoms with E-state index < -0.39 is 8.07 Å². The Kier molecular flexibility index (Phi) is 3.36. The van der Waals surface area contributed by atoms with Crippen molar-refractivity contribution in [2.45, 2.75) is 19.6 Å². The fourth-order valence-electron chi connectivity index (χ4n) is 3.69. The number of hydrogen-bond acceptors (Lipinski definition) is 1. The lowest BCUT2D eigenvalue weighted by atomic mass is 10.1. The lowest BCUT2D eigenvalue weighted by molar-refractivity contribution is 1.02. The Labute approximate surface area is 143 Å². The second-order valence-electron chi connectivity index (χ2n) is 7.44. The zero-order chi connectivity index (χ0) is 16.9. The molecular formula is C21H22N2Si. The van der Waals surface area contributed by atoms with E-state index in [2.05, 4.69) is 92.0 Å². The molecule has 4 aromatic rings.